The van der Waals surface area contributed by atoms with Crippen molar-refractivity contribution in [3.8, 4) is 0 Å². The molecule has 1 aliphatic carbocycles. The SMILES string of the molecule is CC(C)NC(=O)N1C[C@H]2CC(N(C)c3ncnc4[nH]ccc34)C[C@H]2C1. The third-order valence-electron chi connectivity index (χ3n) is 5.64. The Hall–Kier alpha value is -2.31. The fourth-order valence-electron chi connectivity index (χ4n) is 4.40. The third-order valence-corrected chi connectivity index (χ3v) is 5.64. The van der Waals surface area contributed by atoms with E-state index in [4.69, 9.17) is 0 Å². The summed E-state index contributed by atoms with van der Waals surface area (Å²) in [4.78, 5) is 28.5. The number of carbonyl (C=O) groups excluding carboxylic acids is 1. The predicted molar refractivity (Wildman–Crippen MR) is 97.5 cm³/mol. The van der Waals surface area contributed by atoms with E-state index in [1.165, 1.54) is 0 Å². The average molecular weight is 342 g/mol. The summed E-state index contributed by atoms with van der Waals surface area (Å²) in [6.07, 6.45) is 5.76. The lowest BCUT2D eigenvalue weighted by Gasteiger charge is -2.28. The number of hydrogen-bond donors (Lipinski definition) is 2. The highest BCUT2D eigenvalue weighted by Gasteiger charge is 2.43. The molecule has 2 fully saturated rings. The van der Waals surface area contributed by atoms with Gasteiger partial charge in [0.2, 0.25) is 0 Å². The first-order valence-electron chi connectivity index (χ1n) is 9.09. The van der Waals surface area contributed by atoms with E-state index in [2.05, 4.69) is 32.2 Å². The molecule has 0 bridgehead atoms. The molecule has 2 aromatic rings. The van der Waals surface area contributed by atoms with Crippen molar-refractivity contribution < 1.29 is 4.79 Å². The number of urea groups is 1. The van der Waals surface area contributed by atoms with Crippen LogP contribution in [0.15, 0.2) is 18.6 Å². The van der Waals surface area contributed by atoms with Gasteiger partial charge < -0.3 is 20.1 Å². The second-order valence-electron chi connectivity index (χ2n) is 7.70. The first-order valence-corrected chi connectivity index (χ1v) is 9.09. The molecule has 1 saturated carbocycles. The van der Waals surface area contributed by atoms with Gasteiger partial charge in [0.05, 0.1) is 5.39 Å². The van der Waals surface area contributed by atoms with Crippen LogP contribution in [0.4, 0.5) is 10.6 Å². The third kappa shape index (κ3) is 2.92. The van der Waals surface area contributed by atoms with Crippen LogP contribution in [0.1, 0.15) is 26.7 Å². The zero-order valence-electron chi connectivity index (χ0n) is 15.1. The van der Waals surface area contributed by atoms with Crippen molar-refractivity contribution in [3.05, 3.63) is 18.6 Å². The molecule has 0 aromatic carbocycles. The highest BCUT2D eigenvalue weighted by Crippen LogP contribution is 2.41. The fourth-order valence-corrected chi connectivity index (χ4v) is 4.40. The van der Waals surface area contributed by atoms with Gasteiger partial charge in [0, 0.05) is 38.4 Å². The molecule has 4 rings (SSSR count). The van der Waals surface area contributed by atoms with E-state index >= 15 is 0 Å². The van der Waals surface area contributed by atoms with Gasteiger partial charge in [-0.15, -0.1) is 0 Å². The van der Waals surface area contributed by atoms with Gasteiger partial charge in [0.1, 0.15) is 17.8 Å². The lowest BCUT2D eigenvalue weighted by Crippen LogP contribution is -2.42. The molecule has 1 saturated heterocycles. The van der Waals surface area contributed by atoms with E-state index in [1.54, 1.807) is 6.33 Å². The zero-order valence-corrected chi connectivity index (χ0v) is 15.1. The quantitative estimate of drug-likeness (QED) is 0.897. The number of nitrogens with zero attached hydrogens (tertiary/aromatic N) is 4. The normalized spacial score (nSPS) is 25.6. The van der Waals surface area contributed by atoms with Crippen LogP contribution in [0.2, 0.25) is 0 Å². The van der Waals surface area contributed by atoms with Gasteiger partial charge in [0.15, 0.2) is 0 Å². The van der Waals surface area contributed by atoms with Crippen LogP contribution in [-0.2, 0) is 0 Å². The minimum Gasteiger partial charge on any atom is -0.356 e. The van der Waals surface area contributed by atoms with Gasteiger partial charge >= 0.3 is 6.03 Å². The highest BCUT2D eigenvalue weighted by atomic mass is 16.2. The van der Waals surface area contributed by atoms with Crippen molar-refractivity contribution in [2.24, 2.45) is 11.8 Å². The van der Waals surface area contributed by atoms with Crippen LogP contribution in [-0.4, -0.2) is 58.1 Å². The first-order chi connectivity index (χ1) is 12.0. The van der Waals surface area contributed by atoms with Crippen LogP contribution in [0.25, 0.3) is 11.0 Å². The number of rotatable bonds is 3. The van der Waals surface area contributed by atoms with Gasteiger partial charge in [-0.2, -0.15) is 0 Å². The van der Waals surface area contributed by atoms with Crippen LogP contribution in [0, 0.1) is 11.8 Å². The average Bonchev–Trinajstić information content (AvgIpc) is 3.26. The maximum absolute atomic E-state index is 12.2. The van der Waals surface area contributed by atoms with Crippen LogP contribution in [0.3, 0.4) is 0 Å². The molecule has 7 heteroatoms. The van der Waals surface area contributed by atoms with Gasteiger partial charge in [-0.3, -0.25) is 0 Å². The number of likely N-dealkylation sites (tertiary alicyclic amines) is 1. The van der Waals surface area contributed by atoms with Gasteiger partial charge in [0.25, 0.3) is 0 Å². The molecule has 2 amide bonds. The summed E-state index contributed by atoms with van der Waals surface area (Å²) < 4.78 is 0. The van der Waals surface area contributed by atoms with E-state index in [0.29, 0.717) is 17.9 Å². The van der Waals surface area contributed by atoms with Crippen molar-refractivity contribution in [1.82, 2.24) is 25.2 Å². The Bertz CT molecular complexity index is 758. The molecule has 7 nitrogen and oxygen atoms in total. The largest absolute Gasteiger partial charge is 0.356 e. The predicted octanol–water partition coefficient (Wildman–Crippen LogP) is 2.22. The zero-order chi connectivity index (χ0) is 17.6. The molecular weight excluding hydrogens is 316 g/mol. The summed E-state index contributed by atoms with van der Waals surface area (Å²) in [5.74, 6) is 2.17. The van der Waals surface area contributed by atoms with Crippen molar-refractivity contribution in [3.63, 3.8) is 0 Å². The number of hydrogen-bond acceptors (Lipinski definition) is 4. The molecule has 1 unspecified atom stereocenters. The van der Waals surface area contributed by atoms with E-state index < -0.39 is 0 Å². The standard InChI is InChI=1S/C18H26N6O/c1-11(2)22-18(25)24-8-12-6-14(7-13(12)9-24)23(3)17-15-4-5-19-16(15)20-10-21-17/h4-5,10-14H,6-9H2,1-3H3,(H,22,25)(H,19,20,21)/t12-,13+,14?. The molecule has 3 heterocycles. The van der Waals surface area contributed by atoms with Gasteiger partial charge in [-0.1, -0.05) is 0 Å². The number of nitrogens with one attached hydrogen (secondary N) is 2. The van der Waals surface area contributed by atoms with Gasteiger partial charge in [-0.05, 0) is 44.6 Å². The van der Waals surface area contributed by atoms with Crippen molar-refractivity contribution in [2.75, 3.05) is 25.0 Å². The Morgan fingerprint density at radius 2 is 2.04 bits per heavy atom. The Morgan fingerprint density at radius 3 is 2.72 bits per heavy atom. The van der Waals surface area contributed by atoms with Crippen LogP contribution < -0.4 is 10.2 Å². The minimum absolute atomic E-state index is 0.0825. The molecule has 2 aromatic heterocycles. The number of anilines is 1. The Balaban J connectivity index is 1.43. The summed E-state index contributed by atoms with van der Waals surface area (Å²) in [6.45, 7) is 5.75. The first kappa shape index (κ1) is 16.2. The molecule has 25 heavy (non-hydrogen) atoms. The molecule has 0 radical (unpaired) electrons. The lowest BCUT2D eigenvalue weighted by atomic mass is 10.0. The number of aromatic nitrogens is 3. The smallest absolute Gasteiger partial charge is 0.317 e. The van der Waals surface area contributed by atoms with E-state index in [9.17, 15) is 4.79 Å². The molecular formula is C18H26N6O. The summed E-state index contributed by atoms with van der Waals surface area (Å²) >= 11 is 0. The van der Waals surface area contributed by atoms with Gasteiger partial charge in [-0.25, -0.2) is 14.8 Å². The molecule has 2 aliphatic rings. The number of amides is 2. The number of fused-ring (bicyclic) bond motifs is 2. The molecule has 134 valence electrons. The lowest BCUT2D eigenvalue weighted by molar-refractivity contribution is 0.202. The summed E-state index contributed by atoms with van der Waals surface area (Å²) in [6, 6.07) is 2.78. The summed E-state index contributed by atoms with van der Waals surface area (Å²) in [5.41, 5.74) is 0.881. The van der Waals surface area contributed by atoms with Crippen molar-refractivity contribution in [1.29, 1.82) is 0 Å². The minimum atomic E-state index is 0.0825. The van der Waals surface area contributed by atoms with E-state index in [0.717, 1.165) is 42.8 Å². The maximum atomic E-state index is 12.2. The second kappa shape index (κ2) is 6.20. The molecule has 3 atom stereocenters. The number of carbonyl (C=O) groups is 1. The highest BCUT2D eigenvalue weighted by molar-refractivity contribution is 5.87. The number of H-pyrrole nitrogens is 1. The Kier molecular flexibility index (Phi) is 4.01. The monoisotopic (exact) mass is 342 g/mol. The maximum Gasteiger partial charge on any atom is 0.317 e. The van der Waals surface area contributed by atoms with Crippen LogP contribution >= 0.6 is 0 Å². The fraction of sp³-hybridized carbons (Fsp3) is 0.611. The van der Waals surface area contributed by atoms with Crippen molar-refractivity contribution >= 4 is 22.9 Å². The second-order valence-corrected chi connectivity index (χ2v) is 7.70. The Morgan fingerprint density at radius 1 is 1.32 bits per heavy atom. The Labute approximate surface area is 147 Å². The topological polar surface area (TPSA) is 77.2 Å². The number of aromatic amines is 1. The van der Waals surface area contributed by atoms with Crippen LogP contribution in [0.5, 0.6) is 0 Å². The van der Waals surface area contributed by atoms with E-state index in [-0.39, 0.29) is 12.1 Å². The molecule has 0 spiro atoms. The summed E-state index contributed by atoms with van der Waals surface area (Å²) in [5, 5.41) is 4.08. The molecule has 2 N–H and O–H groups in total. The molecule has 1 aliphatic heterocycles. The summed E-state index contributed by atoms with van der Waals surface area (Å²) in [7, 11) is 2.13. The van der Waals surface area contributed by atoms with Crippen molar-refractivity contribution in [2.45, 2.75) is 38.8 Å². The van der Waals surface area contributed by atoms with E-state index in [1.807, 2.05) is 31.0 Å².